The molecule has 0 fully saturated rings. The topological polar surface area (TPSA) is 49.2 Å². The van der Waals surface area contributed by atoms with E-state index >= 15 is 0 Å². The third-order valence-corrected chi connectivity index (χ3v) is 5.23. The van der Waals surface area contributed by atoms with E-state index in [1.165, 1.54) is 17.0 Å². The molecule has 1 aliphatic heterocycles. The Morgan fingerprint density at radius 2 is 1.36 bits per heavy atom. The largest absolute Gasteiger partial charge is 0.491 e. The first kappa shape index (κ1) is 22.8. The fraction of sp³-hybridized carbons (Fsp3) is 0.682. The first-order valence-corrected chi connectivity index (χ1v) is 10.1. The van der Waals surface area contributed by atoms with E-state index < -0.39 is 0 Å². The maximum atomic E-state index is 5.86. The van der Waals surface area contributed by atoms with Crippen LogP contribution in [0.2, 0.25) is 0 Å². The van der Waals surface area contributed by atoms with Crippen LogP contribution < -0.4 is 4.74 Å². The van der Waals surface area contributed by atoms with Crippen molar-refractivity contribution in [3.05, 3.63) is 23.8 Å². The third-order valence-electron chi connectivity index (χ3n) is 5.23. The molecule has 1 aromatic carbocycles. The smallest absolute Gasteiger partial charge is 0.209 e. The van der Waals surface area contributed by atoms with Crippen molar-refractivity contribution in [2.45, 2.75) is 33.1 Å². The zero-order valence-electron chi connectivity index (χ0n) is 18.1. The molecule has 0 aliphatic carbocycles. The molecule has 0 saturated heterocycles. The normalized spacial score (nSPS) is 15.2. The minimum Gasteiger partial charge on any atom is -0.491 e. The van der Waals surface area contributed by atoms with Gasteiger partial charge in [0.15, 0.2) is 5.71 Å². The molecule has 0 unspecified atom stereocenters. The van der Waals surface area contributed by atoms with Gasteiger partial charge < -0.3 is 23.7 Å². The van der Waals surface area contributed by atoms with Gasteiger partial charge in [0.25, 0.3) is 0 Å². The summed E-state index contributed by atoms with van der Waals surface area (Å²) in [6.45, 7) is 14.0. The Morgan fingerprint density at radius 3 is 1.93 bits per heavy atom. The quantitative estimate of drug-likeness (QED) is 0.358. The molecule has 0 N–H and O–H groups in total. The molecule has 1 aliphatic rings. The second kappa shape index (κ2) is 11.5. The Hall–Kier alpha value is -1.47. The molecule has 0 atom stereocenters. The third kappa shape index (κ3) is 6.27. The summed E-state index contributed by atoms with van der Waals surface area (Å²) in [5.41, 5.74) is 3.94. The fourth-order valence-corrected chi connectivity index (χ4v) is 3.22. The Bertz CT molecular complexity index is 642. The minimum atomic E-state index is 0.0318. The Labute approximate surface area is 169 Å². The van der Waals surface area contributed by atoms with Crippen LogP contribution in [-0.2, 0) is 24.4 Å². The van der Waals surface area contributed by atoms with Gasteiger partial charge in [0.05, 0.1) is 51.7 Å². The van der Waals surface area contributed by atoms with Crippen LogP contribution in [0.15, 0.2) is 18.2 Å². The molecule has 2 rings (SSSR count). The van der Waals surface area contributed by atoms with E-state index in [0.29, 0.717) is 52.9 Å². The van der Waals surface area contributed by atoms with Crippen LogP contribution in [-0.4, -0.2) is 76.8 Å². The lowest BCUT2D eigenvalue weighted by atomic mass is 9.82. The summed E-state index contributed by atoms with van der Waals surface area (Å²) in [7, 11) is 2.12. The van der Waals surface area contributed by atoms with E-state index in [1.807, 2.05) is 13.0 Å². The molecule has 28 heavy (non-hydrogen) atoms. The van der Waals surface area contributed by atoms with Gasteiger partial charge in [-0.2, -0.15) is 0 Å². The summed E-state index contributed by atoms with van der Waals surface area (Å²) >= 11 is 0. The van der Waals surface area contributed by atoms with Crippen molar-refractivity contribution >= 4 is 11.4 Å². The maximum Gasteiger partial charge on any atom is 0.209 e. The summed E-state index contributed by atoms with van der Waals surface area (Å²) in [6.07, 6.45) is 0. The predicted octanol–water partition coefficient (Wildman–Crippen LogP) is 3.18. The molecule has 6 nitrogen and oxygen atoms in total. The van der Waals surface area contributed by atoms with Gasteiger partial charge in [0.1, 0.15) is 19.4 Å². The van der Waals surface area contributed by atoms with Crippen molar-refractivity contribution in [1.82, 2.24) is 0 Å². The molecule has 0 spiro atoms. The van der Waals surface area contributed by atoms with Crippen molar-refractivity contribution in [3.8, 4) is 5.75 Å². The highest BCUT2D eigenvalue weighted by molar-refractivity contribution is 5.93. The number of nitrogens with zero attached hydrogens (tertiary/aromatic N) is 1. The van der Waals surface area contributed by atoms with Crippen molar-refractivity contribution in [3.63, 3.8) is 0 Å². The molecule has 1 heterocycles. The highest BCUT2D eigenvalue weighted by Gasteiger charge is 2.41. The number of fused-ring (bicyclic) bond motifs is 1. The van der Waals surface area contributed by atoms with Gasteiger partial charge in [0.2, 0.25) is 5.69 Å². The summed E-state index contributed by atoms with van der Waals surface area (Å²) in [4.78, 5) is 0. The second-order valence-corrected chi connectivity index (χ2v) is 7.33. The summed E-state index contributed by atoms with van der Waals surface area (Å²) in [5.74, 6) is 0.888. The van der Waals surface area contributed by atoms with E-state index in [2.05, 4.69) is 44.5 Å². The lowest BCUT2D eigenvalue weighted by molar-refractivity contribution is -0.403. The van der Waals surface area contributed by atoms with Crippen LogP contribution in [0.4, 0.5) is 5.69 Å². The van der Waals surface area contributed by atoms with Crippen LogP contribution in [0.1, 0.15) is 33.3 Å². The van der Waals surface area contributed by atoms with Crippen LogP contribution in [0.5, 0.6) is 5.75 Å². The number of ether oxygens (including phenoxy) is 5. The Morgan fingerprint density at radius 1 is 0.821 bits per heavy atom. The van der Waals surface area contributed by atoms with Gasteiger partial charge in [0, 0.05) is 25.2 Å². The van der Waals surface area contributed by atoms with Gasteiger partial charge in [-0.05, 0) is 32.9 Å². The Kier molecular flexibility index (Phi) is 9.38. The number of benzene rings is 1. The molecular formula is C22H36NO5+. The SMILES string of the molecule is CCOCCOCCOCCOCCOc1ccc2c(c1)C(C)(C)C(C)=[N+]2C. The molecule has 158 valence electrons. The van der Waals surface area contributed by atoms with E-state index in [9.17, 15) is 0 Å². The molecule has 0 aromatic heterocycles. The van der Waals surface area contributed by atoms with E-state index in [4.69, 9.17) is 23.7 Å². The second-order valence-electron chi connectivity index (χ2n) is 7.33. The molecular weight excluding hydrogens is 358 g/mol. The average molecular weight is 395 g/mol. The van der Waals surface area contributed by atoms with Crippen LogP contribution in [0.3, 0.4) is 0 Å². The first-order valence-electron chi connectivity index (χ1n) is 10.1. The highest BCUT2D eigenvalue weighted by Crippen LogP contribution is 2.40. The number of rotatable bonds is 14. The van der Waals surface area contributed by atoms with E-state index in [-0.39, 0.29) is 5.41 Å². The summed E-state index contributed by atoms with van der Waals surface area (Å²) in [5, 5.41) is 0. The molecule has 6 heteroatoms. The molecule has 1 aromatic rings. The van der Waals surface area contributed by atoms with Crippen LogP contribution in [0, 0.1) is 0 Å². The summed E-state index contributed by atoms with van der Waals surface area (Å²) in [6, 6.07) is 6.31. The van der Waals surface area contributed by atoms with Crippen molar-refractivity contribution < 1.29 is 28.3 Å². The predicted molar refractivity (Wildman–Crippen MR) is 110 cm³/mol. The van der Waals surface area contributed by atoms with Crippen molar-refractivity contribution in [2.75, 3.05) is 66.5 Å². The van der Waals surface area contributed by atoms with E-state index in [1.54, 1.807) is 0 Å². The van der Waals surface area contributed by atoms with Crippen molar-refractivity contribution in [1.29, 1.82) is 0 Å². The molecule has 0 radical (unpaired) electrons. The Balaban J connectivity index is 1.54. The van der Waals surface area contributed by atoms with Gasteiger partial charge in [-0.3, -0.25) is 0 Å². The lowest BCUT2D eigenvalue weighted by Crippen LogP contribution is -2.25. The molecule has 0 saturated carbocycles. The van der Waals surface area contributed by atoms with Gasteiger partial charge in [-0.25, -0.2) is 4.58 Å². The maximum absolute atomic E-state index is 5.86. The van der Waals surface area contributed by atoms with E-state index in [0.717, 1.165) is 12.4 Å². The zero-order chi connectivity index (χ0) is 20.4. The average Bonchev–Trinajstić information content (AvgIpc) is 2.86. The molecule has 0 bridgehead atoms. The number of hydrogen-bond acceptors (Lipinski definition) is 5. The van der Waals surface area contributed by atoms with Gasteiger partial charge in [-0.1, -0.05) is 0 Å². The first-order chi connectivity index (χ1) is 13.5. The summed E-state index contributed by atoms with van der Waals surface area (Å²) < 4.78 is 29.7. The standard InChI is InChI=1S/C22H36NO5/c1-6-24-9-10-25-11-12-26-13-14-27-15-16-28-19-7-8-21-20(17-19)22(3,4)18(2)23(21)5/h7-8,17H,6,9-16H2,1-5H3/q+1. The van der Waals surface area contributed by atoms with Crippen LogP contribution in [0.25, 0.3) is 0 Å². The zero-order valence-corrected chi connectivity index (χ0v) is 18.1. The monoisotopic (exact) mass is 394 g/mol. The minimum absolute atomic E-state index is 0.0318. The fourth-order valence-electron chi connectivity index (χ4n) is 3.22. The van der Waals surface area contributed by atoms with Gasteiger partial charge >= 0.3 is 0 Å². The van der Waals surface area contributed by atoms with Crippen molar-refractivity contribution in [2.24, 2.45) is 0 Å². The lowest BCUT2D eigenvalue weighted by Gasteiger charge is -2.16. The van der Waals surface area contributed by atoms with Gasteiger partial charge in [-0.15, -0.1) is 0 Å². The molecule has 0 amide bonds. The highest BCUT2D eigenvalue weighted by atomic mass is 16.6. The van der Waals surface area contributed by atoms with Crippen LogP contribution >= 0.6 is 0 Å². The number of hydrogen-bond donors (Lipinski definition) is 0.